The standard InChI is InChI=1S/C16H18N2O/c19-15(13-7-3-1-4-8-13)11-14-12-18-10-6-2-5-9-16(18)17-14/h1,3-4,7-8,12H,2,5-6,9-11H2. The number of benzene rings is 1. The zero-order chi connectivity index (χ0) is 13.1. The molecule has 0 bridgehead atoms. The minimum Gasteiger partial charge on any atom is -0.335 e. The van der Waals surface area contributed by atoms with Crippen LogP contribution in [0.2, 0.25) is 0 Å². The van der Waals surface area contributed by atoms with E-state index in [1.807, 2.05) is 30.3 Å². The van der Waals surface area contributed by atoms with Gasteiger partial charge in [0, 0.05) is 24.7 Å². The summed E-state index contributed by atoms with van der Waals surface area (Å²) in [6, 6.07) is 9.45. The molecule has 1 aromatic heterocycles. The van der Waals surface area contributed by atoms with Crippen LogP contribution in [0.15, 0.2) is 36.5 Å². The first-order valence-electron chi connectivity index (χ1n) is 6.96. The summed E-state index contributed by atoms with van der Waals surface area (Å²) in [5, 5.41) is 0. The maximum atomic E-state index is 12.1. The molecule has 1 aromatic carbocycles. The van der Waals surface area contributed by atoms with E-state index in [1.54, 1.807) is 0 Å². The summed E-state index contributed by atoms with van der Waals surface area (Å²) in [4.78, 5) is 16.8. The fourth-order valence-electron chi connectivity index (χ4n) is 2.62. The second-order valence-electron chi connectivity index (χ2n) is 5.12. The van der Waals surface area contributed by atoms with E-state index >= 15 is 0 Å². The van der Waals surface area contributed by atoms with Gasteiger partial charge < -0.3 is 4.57 Å². The van der Waals surface area contributed by atoms with Crippen molar-refractivity contribution in [1.29, 1.82) is 0 Å². The molecular weight excluding hydrogens is 236 g/mol. The number of aromatic nitrogens is 2. The molecule has 0 N–H and O–H groups in total. The van der Waals surface area contributed by atoms with Gasteiger partial charge in [-0.3, -0.25) is 4.79 Å². The van der Waals surface area contributed by atoms with Gasteiger partial charge >= 0.3 is 0 Å². The summed E-state index contributed by atoms with van der Waals surface area (Å²) in [6.45, 7) is 1.04. The summed E-state index contributed by atoms with van der Waals surface area (Å²) in [7, 11) is 0. The average molecular weight is 254 g/mol. The van der Waals surface area contributed by atoms with Crippen molar-refractivity contribution in [2.45, 2.75) is 38.6 Å². The van der Waals surface area contributed by atoms with Crippen molar-refractivity contribution in [1.82, 2.24) is 9.55 Å². The third-order valence-corrected chi connectivity index (χ3v) is 3.65. The van der Waals surface area contributed by atoms with Crippen LogP contribution in [-0.4, -0.2) is 15.3 Å². The van der Waals surface area contributed by atoms with Crippen LogP contribution in [0.4, 0.5) is 0 Å². The average Bonchev–Trinajstić information content (AvgIpc) is 2.69. The highest BCUT2D eigenvalue weighted by Gasteiger charge is 2.14. The second-order valence-corrected chi connectivity index (χ2v) is 5.12. The number of carbonyl (C=O) groups is 1. The van der Waals surface area contributed by atoms with Crippen LogP contribution in [0.25, 0.3) is 0 Å². The van der Waals surface area contributed by atoms with Gasteiger partial charge in [0.15, 0.2) is 5.78 Å². The summed E-state index contributed by atoms with van der Waals surface area (Å²) >= 11 is 0. The molecule has 0 fully saturated rings. The lowest BCUT2D eigenvalue weighted by atomic mass is 10.1. The van der Waals surface area contributed by atoms with Crippen molar-refractivity contribution < 1.29 is 4.79 Å². The molecule has 0 radical (unpaired) electrons. The molecular formula is C16H18N2O. The van der Waals surface area contributed by atoms with E-state index in [-0.39, 0.29) is 5.78 Å². The Balaban J connectivity index is 1.75. The molecule has 0 unspecified atom stereocenters. The Morgan fingerprint density at radius 1 is 1.16 bits per heavy atom. The Hall–Kier alpha value is -1.90. The van der Waals surface area contributed by atoms with Crippen LogP contribution >= 0.6 is 0 Å². The molecule has 2 heterocycles. The smallest absolute Gasteiger partial charge is 0.168 e. The van der Waals surface area contributed by atoms with Gasteiger partial charge in [0.2, 0.25) is 0 Å². The van der Waals surface area contributed by atoms with Crippen LogP contribution in [0, 0.1) is 0 Å². The van der Waals surface area contributed by atoms with Crippen molar-refractivity contribution >= 4 is 5.78 Å². The molecule has 0 aliphatic carbocycles. The molecule has 1 aliphatic heterocycles. The normalized spacial score (nSPS) is 14.7. The zero-order valence-corrected chi connectivity index (χ0v) is 11.0. The monoisotopic (exact) mass is 254 g/mol. The minimum atomic E-state index is 0.147. The van der Waals surface area contributed by atoms with Gasteiger partial charge in [-0.1, -0.05) is 36.8 Å². The first-order chi connectivity index (χ1) is 9.33. The molecule has 3 rings (SSSR count). The summed E-state index contributed by atoms with van der Waals surface area (Å²) < 4.78 is 2.22. The lowest BCUT2D eigenvalue weighted by Gasteiger charge is -1.99. The number of ketones is 1. The Labute approximate surface area is 113 Å². The molecule has 19 heavy (non-hydrogen) atoms. The number of imidazole rings is 1. The SMILES string of the molecule is O=C(Cc1cn2c(n1)CCCCC2)c1ccccc1. The van der Waals surface area contributed by atoms with Gasteiger partial charge in [-0.25, -0.2) is 4.98 Å². The number of Topliss-reactive ketones (excluding diaryl/α,β-unsaturated/α-hetero) is 1. The van der Waals surface area contributed by atoms with Gasteiger partial charge in [0.25, 0.3) is 0 Å². The minimum absolute atomic E-state index is 0.147. The highest BCUT2D eigenvalue weighted by atomic mass is 16.1. The third-order valence-electron chi connectivity index (χ3n) is 3.65. The van der Waals surface area contributed by atoms with Crippen molar-refractivity contribution in [3.05, 3.63) is 53.6 Å². The van der Waals surface area contributed by atoms with E-state index in [9.17, 15) is 4.79 Å². The van der Waals surface area contributed by atoms with Gasteiger partial charge in [-0.2, -0.15) is 0 Å². The van der Waals surface area contributed by atoms with Crippen molar-refractivity contribution in [3.8, 4) is 0 Å². The molecule has 0 spiro atoms. The molecule has 0 atom stereocenters. The quantitative estimate of drug-likeness (QED) is 0.789. The Kier molecular flexibility index (Phi) is 3.45. The number of fused-ring (bicyclic) bond motifs is 1. The van der Waals surface area contributed by atoms with E-state index in [1.165, 1.54) is 19.3 Å². The van der Waals surface area contributed by atoms with E-state index < -0.39 is 0 Å². The number of aryl methyl sites for hydroxylation is 2. The third kappa shape index (κ3) is 2.75. The van der Waals surface area contributed by atoms with Crippen molar-refractivity contribution in [2.75, 3.05) is 0 Å². The van der Waals surface area contributed by atoms with Gasteiger partial charge in [-0.05, 0) is 12.8 Å². The van der Waals surface area contributed by atoms with E-state index in [0.717, 1.165) is 30.0 Å². The maximum Gasteiger partial charge on any atom is 0.168 e. The fraction of sp³-hybridized carbons (Fsp3) is 0.375. The number of carbonyl (C=O) groups excluding carboxylic acids is 1. The van der Waals surface area contributed by atoms with Crippen molar-refractivity contribution in [2.24, 2.45) is 0 Å². The van der Waals surface area contributed by atoms with Gasteiger partial charge in [-0.15, -0.1) is 0 Å². The van der Waals surface area contributed by atoms with Crippen LogP contribution in [0.3, 0.4) is 0 Å². The van der Waals surface area contributed by atoms with Gasteiger partial charge in [0.1, 0.15) is 5.82 Å². The Morgan fingerprint density at radius 3 is 2.84 bits per heavy atom. The molecule has 0 saturated carbocycles. The lowest BCUT2D eigenvalue weighted by molar-refractivity contribution is 0.0992. The first-order valence-corrected chi connectivity index (χ1v) is 6.96. The van der Waals surface area contributed by atoms with Crippen molar-refractivity contribution in [3.63, 3.8) is 0 Å². The highest BCUT2D eigenvalue weighted by molar-refractivity contribution is 5.97. The highest BCUT2D eigenvalue weighted by Crippen LogP contribution is 2.15. The number of nitrogens with zero attached hydrogens (tertiary/aromatic N) is 2. The molecule has 1 aliphatic rings. The topological polar surface area (TPSA) is 34.9 Å². The fourth-order valence-corrected chi connectivity index (χ4v) is 2.62. The zero-order valence-electron chi connectivity index (χ0n) is 11.0. The number of hydrogen-bond donors (Lipinski definition) is 0. The Morgan fingerprint density at radius 2 is 2.00 bits per heavy atom. The van der Waals surface area contributed by atoms with Crippen LogP contribution in [0.1, 0.15) is 41.1 Å². The van der Waals surface area contributed by atoms with Crippen LogP contribution in [-0.2, 0) is 19.4 Å². The maximum absolute atomic E-state index is 12.1. The lowest BCUT2D eigenvalue weighted by Crippen LogP contribution is -2.03. The molecule has 0 saturated heterocycles. The molecule has 0 amide bonds. The van der Waals surface area contributed by atoms with Crippen LogP contribution < -0.4 is 0 Å². The molecule has 98 valence electrons. The van der Waals surface area contributed by atoms with Crippen LogP contribution in [0.5, 0.6) is 0 Å². The van der Waals surface area contributed by atoms with E-state index in [0.29, 0.717) is 6.42 Å². The van der Waals surface area contributed by atoms with E-state index in [4.69, 9.17) is 0 Å². The first kappa shape index (κ1) is 12.2. The number of rotatable bonds is 3. The summed E-state index contributed by atoms with van der Waals surface area (Å²) in [5.74, 6) is 1.29. The predicted octanol–water partition coefficient (Wildman–Crippen LogP) is 3.03. The largest absolute Gasteiger partial charge is 0.335 e. The van der Waals surface area contributed by atoms with Gasteiger partial charge in [0.05, 0.1) is 12.1 Å². The Bertz CT molecular complexity index is 548. The molecule has 3 nitrogen and oxygen atoms in total. The van der Waals surface area contributed by atoms with E-state index in [2.05, 4.69) is 15.7 Å². The second kappa shape index (κ2) is 5.39. The molecule has 2 aromatic rings. The summed E-state index contributed by atoms with van der Waals surface area (Å²) in [6.07, 6.45) is 7.21. The summed E-state index contributed by atoms with van der Waals surface area (Å²) in [5.41, 5.74) is 1.68. The number of hydrogen-bond acceptors (Lipinski definition) is 2. The predicted molar refractivity (Wildman–Crippen MR) is 74.3 cm³/mol. The molecule has 3 heteroatoms.